The van der Waals surface area contributed by atoms with Crippen LogP contribution < -0.4 is 10.7 Å². The van der Waals surface area contributed by atoms with Crippen LogP contribution in [-0.2, 0) is 16.1 Å². The van der Waals surface area contributed by atoms with Crippen LogP contribution in [0.3, 0.4) is 0 Å². The summed E-state index contributed by atoms with van der Waals surface area (Å²) in [6.07, 6.45) is 5.56. The van der Waals surface area contributed by atoms with E-state index in [9.17, 15) is 9.59 Å². The maximum Gasteiger partial charge on any atom is 0.241 e. The molecule has 4 unspecified atom stereocenters. The molecule has 31 heavy (non-hydrogen) atoms. The minimum Gasteiger partial charge on any atom is -0.353 e. The lowest BCUT2D eigenvalue weighted by atomic mass is 9.78. The van der Waals surface area contributed by atoms with Crippen molar-refractivity contribution in [2.75, 3.05) is 26.7 Å². The van der Waals surface area contributed by atoms with Gasteiger partial charge in [-0.15, -0.1) is 0 Å². The van der Waals surface area contributed by atoms with E-state index in [1.165, 1.54) is 5.56 Å². The van der Waals surface area contributed by atoms with Crippen molar-refractivity contribution in [2.24, 2.45) is 5.92 Å². The topological polar surface area (TPSA) is 67.9 Å². The van der Waals surface area contributed by atoms with Crippen molar-refractivity contribution in [1.29, 1.82) is 0 Å². The second-order valence-corrected chi connectivity index (χ2v) is 9.76. The Morgan fingerprint density at radius 2 is 1.84 bits per heavy atom. The lowest BCUT2D eigenvalue weighted by Gasteiger charge is -2.50. The smallest absolute Gasteiger partial charge is 0.241 e. The molecule has 0 radical (unpaired) electrons. The monoisotopic (exact) mass is 425 g/mol. The first-order valence-electron chi connectivity index (χ1n) is 12.0. The highest BCUT2D eigenvalue weighted by atomic mass is 16.2. The molecule has 1 aliphatic carbocycles. The molecule has 5 rings (SSSR count). The van der Waals surface area contributed by atoms with Gasteiger partial charge in [-0.3, -0.25) is 19.9 Å². The summed E-state index contributed by atoms with van der Waals surface area (Å²) < 4.78 is 0. The van der Waals surface area contributed by atoms with Crippen molar-refractivity contribution < 1.29 is 9.59 Å². The van der Waals surface area contributed by atoms with Crippen LogP contribution in [0.25, 0.3) is 0 Å². The number of nitrogens with zero attached hydrogens (tertiary/aromatic N) is 3. The van der Waals surface area contributed by atoms with Crippen LogP contribution in [0, 0.1) is 5.92 Å². The van der Waals surface area contributed by atoms with E-state index in [-0.39, 0.29) is 35.9 Å². The molecule has 2 N–H and O–H groups in total. The molecule has 7 nitrogen and oxygen atoms in total. The summed E-state index contributed by atoms with van der Waals surface area (Å²) in [4.78, 5) is 30.2. The normalized spacial score (nSPS) is 32.5. The molecule has 7 heteroatoms. The Hall–Kier alpha value is -1.96. The van der Waals surface area contributed by atoms with E-state index in [1.807, 2.05) is 11.9 Å². The SMILES string of the molecule is CN1C(=O)C2CCNN2C2CCC(C(=O)NC3CCN(Cc4ccccc4)CC3)CC21. The van der Waals surface area contributed by atoms with Gasteiger partial charge in [0, 0.05) is 57.3 Å². The number of piperidine rings is 1. The number of hydrogen-bond donors (Lipinski definition) is 2. The number of rotatable bonds is 4. The van der Waals surface area contributed by atoms with Gasteiger partial charge in [-0.1, -0.05) is 30.3 Å². The maximum absolute atomic E-state index is 13.1. The number of carbonyl (C=O) groups excluding carboxylic acids is 2. The number of fused-ring (bicyclic) bond motifs is 3. The van der Waals surface area contributed by atoms with Crippen molar-refractivity contribution >= 4 is 11.8 Å². The molecule has 1 aromatic carbocycles. The van der Waals surface area contributed by atoms with Gasteiger partial charge in [0.05, 0.1) is 0 Å². The molecule has 4 aliphatic rings. The molecule has 1 aromatic rings. The minimum absolute atomic E-state index is 0.0120. The zero-order valence-electron chi connectivity index (χ0n) is 18.5. The standard InChI is InChI=1S/C24H35N5O2/c1-27-22-15-18(7-8-20(22)29-21(24(27)31)9-12-25-29)23(30)26-19-10-13-28(14-11-19)16-17-5-3-2-4-6-17/h2-6,18-22,25H,7-16H2,1H3,(H,26,30). The van der Waals surface area contributed by atoms with E-state index in [1.54, 1.807) is 0 Å². The van der Waals surface area contributed by atoms with Crippen LogP contribution in [0.15, 0.2) is 30.3 Å². The lowest BCUT2D eigenvalue weighted by Crippen LogP contribution is -2.67. The Balaban J connectivity index is 1.12. The number of nitrogens with one attached hydrogen (secondary N) is 2. The average Bonchev–Trinajstić information content (AvgIpc) is 3.29. The number of benzene rings is 1. The van der Waals surface area contributed by atoms with Gasteiger partial charge in [0.15, 0.2) is 0 Å². The van der Waals surface area contributed by atoms with Crippen LogP contribution in [0.4, 0.5) is 0 Å². The second-order valence-electron chi connectivity index (χ2n) is 9.76. The number of hydrazine groups is 1. The second kappa shape index (κ2) is 8.88. The van der Waals surface area contributed by atoms with Crippen molar-refractivity contribution in [2.45, 2.75) is 69.2 Å². The van der Waals surface area contributed by atoms with Gasteiger partial charge in [0.25, 0.3) is 0 Å². The third-order valence-electron chi connectivity index (χ3n) is 7.87. The number of hydrogen-bond acceptors (Lipinski definition) is 5. The zero-order valence-corrected chi connectivity index (χ0v) is 18.5. The van der Waals surface area contributed by atoms with Crippen molar-refractivity contribution in [3.63, 3.8) is 0 Å². The molecular weight excluding hydrogens is 390 g/mol. The lowest BCUT2D eigenvalue weighted by molar-refractivity contribution is -0.153. The van der Waals surface area contributed by atoms with Gasteiger partial charge in [-0.2, -0.15) is 0 Å². The molecule has 3 aliphatic heterocycles. The van der Waals surface area contributed by atoms with E-state index < -0.39 is 0 Å². The summed E-state index contributed by atoms with van der Waals surface area (Å²) >= 11 is 0. The van der Waals surface area contributed by atoms with Crippen LogP contribution in [-0.4, -0.2) is 77.5 Å². The summed E-state index contributed by atoms with van der Waals surface area (Å²) in [5.41, 5.74) is 4.77. The first-order valence-corrected chi connectivity index (χ1v) is 12.0. The summed E-state index contributed by atoms with van der Waals surface area (Å²) in [6, 6.07) is 11.3. The highest BCUT2D eigenvalue weighted by Gasteiger charge is 2.50. The largest absolute Gasteiger partial charge is 0.353 e. The Morgan fingerprint density at radius 3 is 2.61 bits per heavy atom. The van der Waals surface area contributed by atoms with E-state index in [0.717, 1.165) is 64.7 Å². The first-order chi connectivity index (χ1) is 15.1. The van der Waals surface area contributed by atoms with Crippen LogP contribution in [0.5, 0.6) is 0 Å². The van der Waals surface area contributed by atoms with Crippen molar-refractivity contribution in [3.05, 3.63) is 35.9 Å². The number of likely N-dealkylation sites (tertiary alicyclic amines) is 1. The maximum atomic E-state index is 13.1. The molecule has 0 aromatic heterocycles. The molecular formula is C24H35N5O2. The van der Waals surface area contributed by atoms with E-state index in [0.29, 0.717) is 6.04 Å². The quantitative estimate of drug-likeness (QED) is 0.762. The van der Waals surface area contributed by atoms with E-state index in [2.05, 4.69) is 51.0 Å². The van der Waals surface area contributed by atoms with Gasteiger partial charge < -0.3 is 10.2 Å². The summed E-state index contributed by atoms with van der Waals surface area (Å²) in [5.74, 6) is 0.411. The number of piperazine rings is 1. The van der Waals surface area contributed by atoms with Gasteiger partial charge in [0.1, 0.15) is 6.04 Å². The molecule has 1 saturated carbocycles. The molecule has 4 atom stereocenters. The molecule has 168 valence electrons. The minimum atomic E-state index is -0.0160. The average molecular weight is 426 g/mol. The van der Waals surface area contributed by atoms with Gasteiger partial charge in [-0.05, 0) is 44.1 Å². The first kappa shape index (κ1) is 20.9. The van der Waals surface area contributed by atoms with Crippen molar-refractivity contribution in [1.82, 2.24) is 25.6 Å². The molecule has 3 saturated heterocycles. The van der Waals surface area contributed by atoms with Crippen LogP contribution in [0.1, 0.15) is 44.1 Å². The highest BCUT2D eigenvalue weighted by molar-refractivity contribution is 5.84. The predicted molar refractivity (Wildman–Crippen MR) is 119 cm³/mol. The van der Waals surface area contributed by atoms with Crippen LogP contribution in [0.2, 0.25) is 0 Å². The molecule has 3 heterocycles. The molecule has 0 bridgehead atoms. The fourth-order valence-electron chi connectivity index (χ4n) is 6.07. The molecule has 0 spiro atoms. The fourth-order valence-corrected chi connectivity index (χ4v) is 6.07. The summed E-state index contributed by atoms with van der Waals surface area (Å²) in [7, 11) is 1.93. The van der Waals surface area contributed by atoms with Gasteiger partial charge in [0.2, 0.25) is 11.8 Å². The number of amides is 2. The molecule has 4 fully saturated rings. The highest BCUT2D eigenvalue weighted by Crippen LogP contribution is 2.36. The summed E-state index contributed by atoms with van der Waals surface area (Å²) in [6.45, 7) is 3.91. The van der Waals surface area contributed by atoms with Crippen molar-refractivity contribution in [3.8, 4) is 0 Å². The van der Waals surface area contributed by atoms with Crippen LogP contribution >= 0.6 is 0 Å². The van der Waals surface area contributed by atoms with Gasteiger partial charge in [-0.25, -0.2) is 5.01 Å². The number of carbonyl (C=O) groups is 2. The third-order valence-corrected chi connectivity index (χ3v) is 7.87. The van der Waals surface area contributed by atoms with Gasteiger partial charge >= 0.3 is 0 Å². The Morgan fingerprint density at radius 1 is 1.06 bits per heavy atom. The molecule has 2 amide bonds. The Kier molecular flexibility index (Phi) is 5.99. The fraction of sp³-hybridized carbons (Fsp3) is 0.667. The summed E-state index contributed by atoms with van der Waals surface area (Å²) in [5, 5.41) is 5.54. The van der Waals surface area contributed by atoms with E-state index in [4.69, 9.17) is 0 Å². The third kappa shape index (κ3) is 4.23. The predicted octanol–water partition coefficient (Wildman–Crippen LogP) is 1.36. The zero-order chi connectivity index (χ0) is 21.4. The van der Waals surface area contributed by atoms with E-state index >= 15 is 0 Å². The number of likely N-dealkylation sites (N-methyl/N-ethyl adjacent to an activating group) is 1. The Bertz CT molecular complexity index is 794. The Labute approximate surface area is 185 Å².